The zero-order valence-electron chi connectivity index (χ0n) is 11.4. The normalized spacial score (nSPS) is 12.9. The van der Waals surface area contributed by atoms with Crippen molar-refractivity contribution in [3.05, 3.63) is 39.4 Å². The van der Waals surface area contributed by atoms with Crippen LogP contribution in [0.25, 0.3) is 0 Å². The van der Waals surface area contributed by atoms with E-state index >= 15 is 0 Å². The van der Waals surface area contributed by atoms with Gasteiger partial charge in [0.25, 0.3) is 11.6 Å². The van der Waals surface area contributed by atoms with Crippen LogP contribution in [0.4, 0.5) is 5.69 Å². The Morgan fingerprint density at radius 1 is 1.47 bits per heavy atom. The number of amides is 1. The minimum atomic E-state index is -0.771. The first kappa shape index (κ1) is 15.1. The number of hydrogen-bond donors (Lipinski definition) is 2. The molecular weight excluding hydrogens is 248 g/mol. The molecule has 1 unspecified atom stereocenters. The third-order valence-electron chi connectivity index (χ3n) is 3.14. The van der Waals surface area contributed by atoms with Gasteiger partial charge in [0.2, 0.25) is 0 Å². The summed E-state index contributed by atoms with van der Waals surface area (Å²) in [6.07, 6.45) is -0.712. The lowest BCUT2D eigenvalue weighted by Crippen LogP contribution is -2.50. The molecule has 0 fully saturated rings. The number of rotatable bonds is 4. The van der Waals surface area contributed by atoms with Gasteiger partial charge in [-0.1, -0.05) is 0 Å². The highest BCUT2D eigenvalue weighted by atomic mass is 16.6. The first-order valence-electron chi connectivity index (χ1n) is 5.91. The number of aryl methyl sites for hydroxylation is 1. The molecule has 1 aromatic rings. The van der Waals surface area contributed by atoms with Gasteiger partial charge in [-0.3, -0.25) is 14.9 Å². The zero-order chi connectivity index (χ0) is 14.8. The molecule has 2 N–H and O–H groups in total. The molecule has 1 amide bonds. The quantitative estimate of drug-likeness (QED) is 0.642. The predicted molar refractivity (Wildman–Crippen MR) is 71.1 cm³/mol. The summed E-state index contributed by atoms with van der Waals surface area (Å²) in [4.78, 5) is 22.2. The number of aliphatic hydroxyl groups excluding tert-OH is 1. The number of carbonyl (C=O) groups excluding carboxylic acids is 1. The summed E-state index contributed by atoms with van der Waals surface area (Å²) in [5, 5.41) is 22.9. The highest BCUT2D eigenvalue weighted by Crippen LogP contribution is 2.19. The molecule has 0 saturated carbocycles. The van der Waals surface area contributed by atoms with Crippen LogP contribution in [-0.2, 0) is 0 Å². The Hall–Kier alpha value is -1.95. The van der Waals surface area contributed by atoms with Crippen LogP contribution in [0.1, 0.15) is 36.7 Å². The van der Waals surface area contributed by atoms with Crippen LogP contribution in [-0.4, -0.2) is 27.6 Å². The standard InChI is InChI=1S/C13H18N2O4/c1-8-7-10(5-6-11(8)15(18)19)12(17)14-13(3,4)9(2)16/h5-7,9,16H,1-4H3,(H,14,17). The number of nitro groups is 1. The maximum Gasteiger partial charge on any atom is 0.272 e. The molecule has 1 atom stereocenters. The third-order valence-corrected chi connectivity index (χ3v) is 3.14. The van der Waals surface area contributed by atoms with Crippen molar-refractivity contribution < 1.29 is 14.8 Å². The molecule has 0 radical (unpaired) electrons. The van der Waals surface area contributed by atoms with E-state index in [1.165, 1.54) is 18.2 Å². The van der Waals surface area contributed by atoms with Gasteiger partial charge in [-0.05, 0) is 39.8 Å². The summed E-state index contributed by atoms with van der Waals surface area (Å²) in [5.41, 5.74) is -0.0390. The van der Waals surface area contributed by atoms with E-state index in [0.717, 1.165) is 0 Å². The second-order valence-electron chi connectivity index (χ2n) is 5.11. The summed E-state index contributed by atoms with van der Waals surface area (Å²) < 4.78 is 0. The van der Waals surface area contributed by atoms with E-state index in [4.69, 9.17) is 0 Å². The number of nitrogens with one attached hydrogen (secondary N) is 1. The van der Waals surface area contributed by atoms with Crippen LogP contribution >= 0.6 is 0 Å². The molecule has 1 aromatic carbocycles. The summed E-state index contributed by atoms with van der Waals surface area (Å²) >= 11 is 0. The number of nitrogens with zero attached hydrogens (tertiary/aromatic N) is 1. The molecule has 0 heterocycles. The molecule has 0 saturated heterocycles. The first-order chi connectivity index (χ1) is 8.65. The monoisotopic (exact) mass is 266 g/mol. The largest absolute Gasteiger partial charge is 0.391 e. The van der Waals surface area contributed by atoms with Crippen LogP contribution in [0.5, 0.6) is 0 Å². The molecule has 19 heavy (non-hydrogen) atoms. The Labute approximate surface area is 111 Å². The van der Waals surface area contributed by atoms with Crippen molar-refractivity contribution in [3.63, 3.8) is 0 Å². The van der Waals surface area contributed by atoms with Crippen molar-refractivity contribution in [3.8, 4) is 0 Å². The van der Waals surface area contributed by atoms with E-state index in [2.05, 4.69) is 5.32 Å². The second-order valence-corrected chi connectivity index (χ2v) is 5.11. The van der Waals surface area contributed by atoms with Gasteiger partial charge in [-0.2, -0.15) is 0 Å². The van der Waals surface area contributed by atoms with Crippen molar-refractivity contribution in [2.24, 2.45) is 0 Å². The Morgan fingerprint density at radius 2 is 2.05 bits per heavy atom. The van der Waals surface area contributed by atoms with E-state index in [-0.39, 0.29) is 11.6 Å². The Kier molecular flexibility index (Phi) is 4.26. The summed E-state index contributed by atoms with van der Waals surface area (Å²) in [5.74, 6) is -0.371. The molecule has 0 aliphatic rings. The minimum Gasteiger partial charge on any atom is -0.391 e. The molecule has 1 rings (SSSR count). The van der Waals surface area contributed by atoms with Gasteiger partial charge >= 0.3 is 0 Å². The Balaban J connectivity index is 2.96. The number of benzene rings is 1. The molecule has 6 heteroatoms. The van der Waals surface area contributed by atoms with Gasteiger partial charge in [0.15, 0.2) is 0 Å². The van der Waals surface area contributed by atoms with Crippen molar-refractivity contribution in [2.45, 2.75) is 39.3 Å². The van der Waals surface area contributed by atoms with Crippen LogP contribution in [0, 0.1) is 17.0 Å². The van der Waals surface area contributed by atoms with Gasteiger partial charge in [0, 0.05) is 17.2 Å². The average Bonchev–Trinajstić information content (AvgIpc) is 2.27. The maximum absolute atomic E-state index is 12.0. The first-order valence-corrected chi connectivity index (χ1v) is 5.91. The van der Waals surface area contributed by atoms with Gasteiger partial charge in [-0.15, -0.1) is 0 Å². The fraction of sp³-hybridized carbons (Fsp3) is 0.462. The smallest absolute Gasteiger partial charge is 0.272 e. The number of aliphatic hydroxyl groups is 1. The number of carbonyl (C=O) groups is 1. The molecule has 0 aromatic heterocycles. The summed E-state index contributed by atoms with van der Waals surface area (Å²) in [6.45, 7) is 6.57. The molecule has 0 spiro atoms. The fourth-order valence-corrected chi connectivity index (χ4v) is 1.47. The highest BCUT2D eigenvalue weighted by molar-refractivity contribution is 5.95. The van der Waals surface area contributed by atoms with Crippen molar-refractivity contribution in [2.75, 3.05) is 0 Å². The number of hydrogen-bond acceptors (Lipinski definition) is 4. The maximum atomic E-state index is 12.0. The minimum absolute atomic E-state index is 0.0219. The van der Waals surface area contributed by atoms with E-state index in [0.29, 0.717) is 11.1 Å². The summed E-state index contributed by atoms with van der Waals surface area (Å²) in [6, 6.07) is 4.17. The topological polar surface area (TPSA) is 92.5 Å². The van der Waals surface area contributed by atoms with Crippen molar-refractivity contribution in [1.29, 1.82) is 0 Å². The van der Waals surface area contributed by atoms with Crippen LogP contribution in [0.2, 0.25) is 0 Å². The van der Waals surface area contributed by atoms with Gasteiger partial charge in [-0.25, -0.2) is 0 Å². The number of nitro benzene ring substituents is 1. The van der Waals surface area contributed by atoms with Crippen molar-refractivity contribution in [1.82, 2.24) is 5.32 Å². The predicted octanol–water partition coefficient (Wildman–Crippen LogP) is 1.79. The van der Waals surface area contributed by atoms with Gasteiger partial charge in [0.05, 0.1) is 16.6 Å². The van der Waals surface area contributed by atoms with Gasteiger partial charge in [0.1, 0.15) is 0 Å². The highest BCUT2D eigenvalue weighted by Gasteiger charge is 2.26. The molecular formula is C13H18N2O4. The lowest BCUT2D eigenvalue weighted by Gasteiger charge is -2.29. The molecule has 0 aliphatic heterocycles. The lowest BCUT2D eigenvalue weighted by molar-refractivity contribution is -0.385. The lowest BCUT2D eigenvalue weighted by atomic mass is 9.98. The van der Waals surface area contributed by atoms with E-state index in [1.54, 1.807) is 27.7 Å². The third kappa shape index (κ3) is 3.51. The van der Waals surface area contributed by atoms with Crippen LogP contribution in [0.15, 0.2) is 18.2 Å². The Bertz CT molecular complexity index is 509. The van der Waals surface area contributed by atoms with E-state index in [1.807, 2.05) is 0 Å². The molecule has 6 nitrogen and oxygen atoms in total. The van der Waals surface area contributed by atoms with E-state index < -0.39 is 16.6 Å². The van der Waals surface area contributed by atoms with Crippen LogP contribution < -0.4 is 5.32 Å². The molecule has 0 bridgehead atoms. The fourth-order valence-electron chi connectivity index (χ4n) is 1.47. The second kappa shape index (κ2) is 5.36. The van der Waals surface area contributed by atoms with Crippen molar-refractivity contribution >= 4 is 11.6 Å². The SMILES string of the molecule is Cc1cc(C(=O)NC(C)(C)C(C)O)ccc1[N+](=O)[O-]. The molecule has 104 valence electrons. The Morgan fingerprint density at radius 3 is 2.47 bits per heavy atom. The van der Waals surface area contributed by atoms with Crippen LogP contribution in [0.3, 0.4) is 0 Å². The zero-order valence-corrected chi connectivity index (χ0v) is 11.4. The van der Waals surface area contributed by atoms with E-state index in [9.17, 15) is 20.0 Å². The summed E-state index contributed by atoms with van der Waals surface area (Å²) in [7, 11) is 0. The average molecular weight is 266 g/mol. The van der Waals surface area contributed by atoms with Gasteiger partial charge < -0.3 is 10.4 Å². The molecule has 0 aliphatic carbocycles.